The van der Waals surface area contributed by atoms with Crippen LogP contribution < -0.4 is 5.32 Å². The summed E-state index contributed by atoms with van der Waals surface area (Å²) in [6.07, 6.45) is 1.59. The fourth-order valence-corrected chi connectivity index (χ4v) is 4.28. The zero-order valence-corrected chi connectivity index (χ0v) is 14.4. The van der Waals surface area contributed by atoms with E-state index >= 15 is 0 Å². The van der Waals surface area contributed by atoms with Gasteiger partial charge in [0, 0.05) is 0 Å². The molecule has 0 aliphatic rings. The van der Waals surface area contributed by atoms with E-state index < -0.39 is 0 Å². The second kappa shape index (κ2) is 6.29. The molecular weight excluding hydrogens is 344 g/mol. The van der Waals surface area contributed by atoms with Gasteiger partial charge in [0.15, 0.2) is 5.16 Å². The number of carbonyl (C=O) groups excluding carboxylic acids is 1. The summed E-state index contributed by atoms with van der Waals surface area (Å²) in [6.45, 7) is 2.24. The van der Waals surface area contributed by atoms with Crippen LogP contribution in [0, 0.1) is 0 Å². The van der Waals surface area contributed by atoms with E-state index in [1.165, 1.54) is 11.8 Å². The number of nitrogens with one attached hydrogen (secondary N) is 1. The molecule has 122 valence electrons. The summed E-state index contributed by atoms with van der Waals surface area (Å²) in [5.41, 5.74) is 1.06. The lowest BCUT2D eigenvalue weighted by molar-refractivity contribution is -0.120. The Labute approximate surface area is 145 Å². The fraction of sp³-hybridized carbons (Fsp3) is 0.188. The molecule has 0 unspecified atom stereocenters. The molecule has 0 fully saturated rings. The minimum absolute atomic E-state index is 0.0623. The van der Waals surface area contributed by atoms with Crippen LogP contribution in [-0.4, -0.2) is 25.8 Å². The first kappa shape index (κ1) is 15.2. The maximum atomic E-state index is 12.3. The third-order valence-corrected chi connectivity index (χ3v) is 5.63. The maximum absolute atomic E-state index is 12.3. The minimum atomic E-state index is -0.286. The molecule has 24 heavy (non-hydrogen) atoms. The van der Waals surface area contributed by atoms with Crippen LogP contribution in [0.25, 0.3) is 15.2 Å². The van der Waals surface area contributed by atoms with E-state index in [0.29, 0.717) is 6.54 Å². The summed E-state index contributed by atoms with van der Waals surface area (Å²) in [4.78, 5) is 13.1. The summed E-state index contributed by atoms with van der Waals surface area (Å²) in [5, 5.41) is 11.8. The number of aromatic nitrogens is 3. The predicted octanol–water partition coefficient (Wildman–Crippen LogP) is 3.33. The number of carbonyl (C=O) groups is 1. The number of benzene rings is 1. The van der Waals surface area contributed by atoms with Crippen LogP contribution in [0.3, 0.4) is 0 Å². The van der Waals surface area contributed by atoms with Gasteiger partial charge in [-0.15, -0.1) is 10.2 Å². The van der Waals surface area contributed by atoms with E-state index in [2.05, 4.69) is 21.6 Å². The molecule has 0 saturated carbocycles. The van der Waals surface area contributed by atoms with Gasteiger partial charge in [-0.1, -0.05) is 35.2 Å². The van der Waals surface area contributed by atoms with Crippen LogP contribution in [0.4, 0.5) is 0 Å². The SMILES string of the molecule is C[C@H](Sc1nnc2sc3ccccc3n12)C(=O)NCc1ccco1. The van der Waals surface area contributed by atoms with Gasteiger partial charge in [-0.2, -0.15) is 0 Å². The molecule has 0 saturated heterocycles. The molecule has 6 nitrogen and oxygen atoms in total. The van der Waals surface area contributed by atoms with Gasteiger partial charge < -0.3 is 9.73 Å². The average molecular weight is 358 g/mol. The molecule has 1 N–H and O–H groups in total. The van der Waals surface area contributed by atoms with E-state index in [9.17, 15) is 4.79 Å². The second-order valence-corrected chi connectivity index (χ2v) is 7.54. The second-order valence-electron chi connectivity index (χ2n) is 5.23. The van der Waals surface area contributed by atoms with Crippen molar-refractivity contribution in [1.29, 1.82) is 0 Å². The van der Waals surface area contributed by atoms with Crippen molar-refractivity contribution in [3.05, 3.63) is 48.4 Å². The zero-order valence-electron chi connectivity index (χ0n) is 12.8. The van der Waals surface area contributed by atoms with E-state index in [4.69, 9.17) is 4.42 Å². The molecule has 0 radical (unpaired) electrons. The van der Waals surface area contributed by atoms with Gasteiger partial charge in [-0.3, -0.25) is 9.20 Å². The molecule has 4 aromatic rings. The summed E-state index contributed by atoms with van der Waals surface area (Å²) in [5.74, 6) is 0.668. The van der Waals surface area contributed by atoms with Crippen LogP contribution in [0.1, 0.15) is 12.7 Å². The van der Waals surface area contributed by atoms with Crippen molar-refractivity contribution in [3.63, 3.8) is 0 Å². The highest BCUT2D eigenvalue weighted by molar-refractivity contribution is 8.00. The lowest BCUT2D eigenvalue weighted by Crippen LogP contribution is -2.30. The van der Waals surface area contributed by atoms with Crippen molar-refractivity contribution in [2.24, 2.45) is 0 Å². The molecule has 4 rings (SSSR count). The normalized spacial score (nSPS) is 12.7. The molecule has 0 bridgehead atoms. The number of rotatable bonds is 5. The number of hydrogen-bond donors (Lipinski definition) is 1. The predicted molar refractivity (Wildman–Crippen MR) is 94.2 cm³/mol. The lowest BCUT2D eigenvalue weighted by atomic mass is 10.3. The van der Waals surface area contributed by atoms with Gasteiger partial charge in [0.05, 0.1) is 28.3 Å². The van der Waals surface area contributed by atoms with Crippen LogP contribution in [0.15, 0.2) is 52.2 Å². The van der Waals surface area contributed by atoms with Crippen molar-refractivity contribution in [3.8, 4) is 0 Å². The lowest BCUT2D eigenvalue weighted by Gasteiger charge is -2.09. The summed E-state index contributed by atoms with van der Waals surface area (Å²) in [7, 11) is 0. The van der Waals surface area contributed by atoms with E-state index in [1.807, 2.05) is 35.6 Å². The largest absolute Gasteiger partial charge is 0.467 e. The summed E-state index contributed by atoms with van der Waals surface area (Å²) >= 11 is 2.99. The topological polar surface area (TPSA) is 72.4 Å². The Balaban J connectivity index is 1.52. The number of thiazole rings is 1. The van der Waals surface area contributed by atoms with Gasteiger partial charge in [0.1, 0.15) is 5.76 Å². The number of fused-ring (bicyclic) bond motifs is 3. The Hall–Kier alpha value is -2.32. The third kappa shape index (κ3) is 2.78. The van der Waals surface area contributed by atoms with E-state index in [1.54, 1.807) is 23.7 Å². The van der Waals surface area contributed by atoms with E-state index in [-0.39, 0.29) is 11.2 Å². The van der Waals surface area contributed by atoms with Crippen LogP contribution in [0.5, 0.6) is 0 Å². The molecule has 0 aliphatic carbocycles. The highest BCUT2D eigenvalue weighted by Crippen LogP contribution is 2.31. The molecular formula is C16H14N4O2S2. The number of nitrogens with zero attached hydrogens (tertiary/aromatic N) is 3. The minimum Gasteiger partial charge on any atom is -0.467 e. The van der Waals surface area contributed by atoms with Crippen LogP contribution in [-0.2, 0) is 11.3 Å². The monoisotopic (exact) mass is 358 g/mol. The Morgan fingerprint density at radius 3 is 3.04 bits per heavy atom. The molecule has 0 spiro atoms. The fourth-order valence-electron chi connectivity index (χ4n) is 2.37. The van der Waals surface area contributed by atoms with Crippen molar-refractivity contribution in [1.82, 2.24) is 19.9 Å². The Kier molecular flexibility index (Phi) is 3.99. The third-order valence-electron chi connectivity index (χ3n) is 3.58. The summed E-state index contributed by atoms with van der Waals surface area (Å²) in [6, 6.07) is 11.7. The van der Waals surface area contributed by atoms with Gasteiger partial charge >= 0.3 is 0 Å². The number of hydrogen-bond acceptors (Lipinski definition) is 6. The number of thioether (sulfide) groups is 1. The highest BCUT2D eigenvalue weighted by atomic mass is 32.2. The number of furan rings is 1. The summed E-state index contributed by atoms with van der Waals surface area (Å²) < 4.78 is 8.37. The first-order valence-corrected chi connectivity index (χ1v) is 9.11. The van der Waals surface area contributed by atoms with Gasteiger partial charge in [-0.25, -0.2) is 0 Å². The Bertz CT molecular complexity index is 990. The van der Waals surface area contributed by atoms with Crippen molar-refractivity contribution >= 4 is 44.2 Å². The number of para-hydroxylation sites is 1. The van der Waals surface area contributed by atoms with Crippen molar-refractivity contribution < 1.29 is 9.21 Å². The Morgan fingerprint density at radius 1 is 1.33 bits per heavy atom. The molecule has 3 aromatic heterocycles. The first-order valence-electron chi connectivity index (χ1n) is 7.42. The molecule has 1 aromatic carbocycles. The van der Waals surface area contributed by atoms with Crippen LogP contribution in [0.2, 0.25) is 0 Å². The average Bonchev–Trinajstić information content (AvgIpc) is 3.30. The standard InChI is InChI=1S/C16H14N4O2S2/c1-10(14(21)17-9-11-5-4-8-22-11)23-15-18-19-16-20(15)12-6-2-3-7-13(12)24-16/h2-8,10H,9H2,1H3,(H,17,21)/t10-/m0/s1. The smallest absolute Gasteiger partial charge is 0.233 e. The Morgan fingerprint density at radius 2 is 2.21 bits per heavy atom. The molecule has 3 heterocycles. The van der Waals surface area contributed by atoms with Gasteiger partial charge in [-0.05, 0) is 31.2 Å². The van der Waals surface area contributed by atoms with E-state index in [0.717, 1.165) is 26.1 Å². The van der Waals surface area contributed by atoms with Crippen LogP contribution >= 0.6 is 23.1 Å². The number of amides is 1. The van der Waals surface area contributed by atoms with Crippen molar-refractivity contribution in [2.75, 3.05) is 0 Å². The molecule has 0 aliphatic heterocycles. The van der Waals surface area contributed by atoms with Gasteiger partial charge in [0.25, 0.3) is 0 Å². The van der Waals surface area contributed by atoms with Crippen molar-refractivity contribution in [2.45, 2.75) is 23.9 Å². The first-order chi connectivity index (χ1) is 11.7. The maximum Gasteiger partial charge on any atom is 0.233 e. The molecule has 1 amide bonds. The highest BCUT2D eigenvalue weighted by Gasteiger charge is 2.20. The zero-order chi connectivity index (χ0) is 16.5. The quantitative estimate of drug-likeness (QED) is 0.554. The van der Waals surface area contributed by atoms with Gasteiger partial charge in [0.2, 0.25) is 10.9 Å². The molecule has 8 heteroatoms. The molecule has 1 atom stereocenters.